The number of phenols is 1. The first kappa shape index (κ1) is 30.8. The van der Waals surface area contributed by atoms with Crippen molar-refractivity contribution in [1.82, 2.24) is 21.3 Å². The summed E-state index contributed by atoms with van der Waals surface area (Å²) in [7, 11) is 1.53. The maximum absolute atomic E-state index is 12.8. The number of nitrogens with two attached hydrogens (primary N) is 1. The lowest BCUT2D eigenvalue weighted by atomic mass is 10.0. The predicted octanol–water partition coefficient (Wildman–Crippen LogP) is -0.0877. The zero-order valence-electron chi connectivity index (χ0n) is 20.5. The van der Waals surface area contributed by atoms with Crippen molar-refractivity contribution in [2.24, 2.45) is 5.73 Å². The monoisotopic (exact) mass is 523 g/mol. The van der Waals surface area contributed by atoms with Crippen molar-refractivity contribution in [3.05, 3.63) is 29.8 Å². The summed E-state index contributed by atoms with van der Waals surface area (Å²) in [6, 6.07) is 4.75. The Hall–Kier alpha value is -3.28. The van der Waals surface area contributed by atoms with Crippen molar-refractivity contribution >= 4 is 42.2 Å². The lowest BCUT2D eigenvalue weighted by Gasteiger charge is -2.19. The molecule has 0 fully saturated rings. The van der Waals surface area contributed by atoms with Gasteiger partial charge in [0.05, 0.1) is 0 Å². The van der Waals surface area contributed by atoms with E-state index in [0.29, 0.717) is 32.2 Å². The number of unbranched alkanes of at least 4 members (excludes halogenated alkanes) is 2. The van der Waals surface area contributed by atoms with Crippen LogP contribution in [0.5, 0.6) is 5.75 Å². The molecule has 5 amide bonds. The highest BCUT2D eigenvalue weighted by Gasteiger charge is 2.21. The molecule has 0 aromatic heterocycles. The van der Waals surface area contributed by atoms with Gasteiger partial charge < -0.3 is 32.1 Å². The van der Waals surface area contributed by atoms with E-state index in [-0.39, 0.29) is 60.8 Å². The molecule has 0 aliphatic heterocycles. The summed E-state index contributed by atoms with van der Waals surface area (Å²) >= 11 is 3.98. The van der Waals surface area contributed by atoms with Crippen LogP contribution in [0, 0.1) is 0 Å². The Morgan fingerprint density at radius 1 is 0.861 bits per heavy atom. The van der Waals surface area contributed by atoms with Crippen LogP contribution in [0.25, 0.3) is 0 Å². The minimum absolute atomic E-state index is 0.0995. The van der Waals surface area contributed by atoms with Crippen LogP contribution in [-0.4, -0.2) is 66.1 Å². The maximum Gasteiger partial charge on any atom is 0.242 e. The van der Waals surface area contributed by atoms with Crippen LogP contribution >= 0.6 is 12.6 Å². The van der Waals surface area contributed by atoms with Crippen LogP contribution in [0.4, 0.5) is 0 Å². The first-order valence-corrected chi connectivity index (χ1v) is 12.5. The number of thiol groups is 1. The van der Waals surface area contributed by atoms with Crippen molar-refractivity contribution in [2.75, 3.05) is 19.3 Å². The van der Waals surface area contributed by atoms with Gasteiger partial charge in [0, 0.05) is 45.0 Å². The molecule has 12 heteroatoms. The molecule has 0 saturated heterocycles. The molecule has 7 N–H and O–H groups in total. The van der Waals surface area contributed by atoms with Gasteiger partial charge in [-0.1, -0.05) is 18.6 Å². The molecule has 0 unspecified atom stereocenters. The van der Waals surface area contributed by atoms with Crippen LogP contribution in [0.2, 0.25) is 0 Å². The van der Waals surface area contributed by atoms with E-state index in [1.165, 1.54) is 19.2 Å². The molecule has 200 valence electrons. The van der Waals surface area contributed by atoms with Gasteiger partial charge in [0.1, 0.15) is 17.8 Å². The van der Waals surface area contributed by atoms with Crippen molar-refractivity contribution < 1.29 is 29.1 Å². The largest absolute Gasteiger partial charge is 0.508 e. The number of hydrogen-bond acceptors (Lipinski definition) is 7. The SMILES string of the molecule is CNC(=O)CCCC(=O)N[C@@H](Cc1ccc(O)cc1)C(=O)NCCCCCC(=O)N[C@@H](CS)C(N)=O. The number of nitrogens with one attached hydrogen (secondary N) is 4. The van der Waals surface area contributed by atoms with Gasteiger partial charge in [0.2, 0.25) is 29.5 Å². The number of aromatic hydroxyl groups is 1. The second-order valence-electron chi connectivity index (χ2n) is 8.32. The summed E-state index contributed by atoms with van der Waals surface area (Å²) in [6.45, 7) is 0.361. The Kier molecular flexibility index (Phi) is 14.7. The summed E-state index contributed by atoms with van der Waals surface area (Å²) < 4.78 is 0. The molecule has 0 aliphatic carbocycles. The molecule has 2 atom stereocenters. The number of carbonyl (C=O) groups is 5. The lowest BCUT2D eigenvalue weighted by molar-refractivity contribution is -0.129. The topological polar surface area (TPSA) is 180 Å². The molecule has 0 aliphatic rings. The average molecular weight is 524 g/mol. The third kappa shape index (κ3) is 13.0. The van der Waals surface area contributed by atoms with E-state index in [2.05, 4.69) is 33.9 Å². The van der Waals surface area contributed by atoms with Gasteiger partial charge in [-0.05, 0) is 37.0 Å². The van der Waals surface area contributed by atoms with Crippen molar-refractivity contribution in [3.8, 4) is 5.75 Å². The fourth-order valence-electron chi connectivity index (χ4n) is 3.27. The van der Waals surface area contributed by atoms with Crippen LogP contribution in [0.3, 0.4) is 0 Å². The smallest absolute Gasteiger partial charge is 0.242 e. The van der Waals surface area contributed by atoms with E-state index in [1.54, 1.807) is 12.1 Å². The van der Waals surface area contributed by atoms with Crippen LogP contribution < -0.4 is 27.0 Å². The Balaban J connectivity index is 2.50. The number of hydrogen-bond donors (Lipinski definition) is 7. The Labute approximate surface area is 216 Å². The molecule has 1 rings (SSSR count). The predicted molar refractivity (Wildman–Crippen MR) is 138 cm³/mol. The van der Waals surface area contributed by atoms with Gasteiger partial charge >= 0.3 is 0 Å². The van der Waals surface area contributed by atoms with Gasteiger partial charge in [-0.15, -0.1) is 0 Å². The summed E-state index contributed by atoms with van der Waals surface area (Å²) in [5.74, 6) is -1.54. The number of phenolic OH excluding ortho intramolecular Hbond substituents is 1. The lowest BCUT2D eigenvalue weighted by Crippen LogP contribution is -2.48. The normalized spacial score (nSPS) is 12.2. The summed E-state index contributed by atoms with van der Waals surface area (Å²) in [5, 5.41) is 20.0. The van der Waals surface area contributed by atoms with E-state index in [0.717, 1.165) is 5.56 Å². The van der Waals surface area contributed by atoms with E-state index < -0.39 is 18.0 Å². The third-order valence-corrected chi connectivity index (χ3v) is 5.72. The Bertz CT molecular complexity index is 880. The van der Waals surface area contributed by atoms with Gasteiger partial charge in [0.15, 0.2) is 0 Å². The number of carbonyl (C=O) groups excluding carboxylic acids is 5. The summed E-state index contributed by atoms with van der Waals surface area (Å²) in [5.41, 5.74) is 5.94. The number of amides is 5. The summed E-state index contributed by atoms with van der Waals surface area (Å²) in [4.78, 5) is 59.5. The Morgan fingerprint density at radius 3 is 2.03 bits per heavy atom. The minimum Gasteiger partial charge on any atom is -0.508 e. The second kappa shape index (κ2) is 17.2. The third-order valence-electron chi connectivity index (χ3n) is 5.36. The van der Waals surface area contributed by atoms with E-state index in [1.807, 2.05) is 0 Å². The zero-order valence-corrected chi connectivity index (χ0v) is 21.4. The van der Waals surface area contributed by atoms with Crippen molar-refractivity contribution in [3.63, 3.8) is 0 Å². The van der Waals surface area contributed by atoms with Crippen LogP contribution in [0.1, 0.15) is 50.5 Å². The fraction of sp³-hybridized carbons (Fsp3) is 0.542. The van der Waals surface area contributed by atoms with Crippen molar-refractivity contribution in [2.45, 2.75) is 63.5 Å². The zero-order chi connectivity index (χ0) is 26.9. The number of benzene rings is 1. The molecule has 36 heavy (non-hydrogen) atoms. The van der Waals surface area contributed by atoms with E-state index >= 15 is 0 Å². The highest BCUT2D eigenvalue weighted by molar-refractivity contribution is 7.80. The fourth-order valence-corrected chi connectivity index (χ4v) is 3.54. The number of primary amides is 1. The molecule has 0 radical (unpaired) electrons. The molecule has 0 saturated carbocycles. The molecule has 0 bridgehead atoms. The average Bonchev–Trinajstić information content (AvgIpc) is 2.84. The molecule has 1 aromatic carbocycles. The standard InChI is InChI=1S/C24H37N5O6S/c1-26-20(31)7-5-8-22(33)28-18(14-16-9-11-17(30)12-10-16)24(35)27-13-4-2-3-6-21(32)29-19(15-36)23(25)34/h9-12,18-19,30,36H,2-8,13-15H2,1H3,(H2,25,34)(H,26,31)(H,27,35)(H,28,33)(H,29,32)/t18-,19-/m0/s1. The van der Waals surface area contributed by atoms with Gasteiger partial charge in [-0.2, -0.15) is 12.6 Å². The molecule has 11 nitrogen and oxygen atoms in total. The molecule has 0 heterocycles. The highest BCUT2D eigenvalue weighted by atomic mass is 32.1. The van der Waals surface area contributed by atoms with E-state index in [9.17, 15) is 29.1 Å². The van der Waals surface area contributed by atoms with Gasteiger partial charge in [0.25, 0.3) is 0 Å². The first-order valence-electron chi connectivity index (χ1n) is 11.9. The van der Waals surface area contributed by atoms with Crippen molar-refractivity contribution in [1.29, 1.82) is 0 Å². The summed E-state index contributed by atoms with van der Waals surface area (Å²) in [6.07, 6.45) is 3.01. The molecular formula is C24H37N5O6S. The minimum atomic E-state index is -0.820. The maximum atomic E-state index is 12.8. The first-order chi connectivity index (χ1) is 17.2. The number of rotatable bonds is 17. The van der Waals surface area contributed by atoms with Gasteiger partial charge in [-0.3, -0.25) is 24.0 Å². The van der Waals surface area contributed by atoms with E-state index in [4.69, 9.17) is 5.73 Å². The highest BCUT2D eigenvalue weighted by Crippen LogP contribution is 2.12. The van der Waals surface area contributed by atoms with Crippen LogP contribution in [-0.2, 0) is 30.4 Å². The van der Waals surface area contributed by atoms with Gasteiger partial charge in [-0.25, -0.2) is 0 Å². The molecule has 1 aromatic rings. The Morgan fingerprint density at radius 2 is 1.44 bits per heavy atom. The van der Waals surface area contributed by atoms with Crippen LogP contribution in [0.15, 0.2) is 24.3 Å². The second-order valence-corrected chi connectivity index (χ2v) is 8.69. The quantitative estimate of drug-likeness (QED) is 0.111. The molecular weight excluding hydrogens is 486 g/mol. The molecule has 0 spiro atoms.